The lowest BCUT2D eigenvalue weighted by Gasteiger charge is -2.22. The molecule has 0 bridgehead atoms. The lowest BCUT2D eigenvalue weighted by Crippen LogP contribution is -2.41. The first-order valence-corrected chi connectivity index (χ1v) is 15.8. The van der Waals surface area contributed by atoms with Crippen LogP contribution in [0.5, 0.6) is 0 Å². The highest BCUT2D eigenvalue weighted by molar-refractivity contribution is 8.77. The molecule has 8 heteroatoms. The smallest absolute Gasteiger partial charge is 0.227 e. The molecule has 0 aliphatic carbocycles. The Morgan fingerprint density at radius 3 is 2.32 bits per heavy atom. The lowest BCUT2D eigenvalue weighted by molar-refractivity contribution is -0.437. The summed E-state index contributed by atoms with van der Waals surface area (Å²) < 4.78 is 2.40. The number of nitrogens with one attached hydrogen (secondary N) is 1. The molecule has 0 radical (unpaired) electrons. The number of amides is 1. The summed E-state index contributed by atoms with van der Waals surface area (Å²) in [4.78, 5) is 14.7. The first kappa shape index (κ1) is 28.7. The van der Waals surface area contributed by atoms with Crippen LogP contribution in [0.1, 0.15) is 38.3 Å². The summed E-state index contributed by atoms with van der Waals surface area (Å²) in [6.07, 6.45) is 5.24. The molecule has 2 aliphatic rings. The maximum Gasteiger partial charge on any atom is 0.227 e. The van der Waals surface area contributed by atoms with Crippen molar-refractivity contribution in [1.29, 1.82) is 0 Å². The summed E-state index contributed by atoms with van der Waals surface area (Å²) in [5.74, 6) is 1.92. The highest BCUT2D eigenvalue weighted by Crippen LogP contribution is 2.43. The van der Waals surface area contributed by atoms with Crippen molar-refractivity contribution in [3.05, 3.63) is 65.7 Å². The molecule has 204 valence electrons. The summed E-state index contributed by atoms with van der Waals surface area (Å²) in [7, 11) is 3.57. The normalized spacial score (nSPS) is 17.7. The van der Waals surface area contributed by atoms with Crippen molar-refractivity contribution in [2.45, 2.75) is 32.6 Å². The van der Waals surface area contributed by atoms with Gasteiger partial charge in [-0.05, 0) is 44.5 Å². The van der Waals surface area contributed by atoms with Crippen LogP contribution in [-0.4, -0.2) is 77.3 Å². The number of allylic oxidation sites excluding steroid dienone is 1. The van der Waals surface area contributed by atoms with Crippen molar-refractivity contribution in [3.63, 3.8) is 0 Å². The van der Waals surface area contributed by atoms with Crippen LogP contribution in [-0.2, 0) is 10.2 Å². The van der Waals surface area contributed by atoms with Crippen LogP contribution in [0.2, 0.25) is 0 Å². The molecule has 0 saturated carbocycles. The number of aliphatic hydroxyl groups is 2. The molecule has 1 amide bonds. The Kier molecular flexibility index (Phi) is 9.63. The zero-order chi connectivity index (χ0) is 27.2. The third-order valence-corrected chi connectivity index (χ3v) is 10.3. The van der Waals surface area contributed by atoms with E-state index in [0.717, 1.165) is 35.7 Å². The SMILES string of the molecule is CC1(C(=O)NCCC[N+]2=C(/C=C/c3ccc(N(CCO)CCO)cc3)C(C)(C)c3ccccc32)CSSC1. The number of benzene rings is 2. The maximum atomic E-state index is 12.7. The molecule has 0 spiro atoms. The van der Waals surface area contributed by atoms with Gasteiger partial charge in [0.25, 0.3) is 0 Å². The largest absolute Gasteiger partial charge is 0.395 e. The van der Waals surface area contributed by atoms with E-state index in [0.29, 0.717) is 19.6 Å². The number of para-hydroxylation sites is 1. The van der Waals surface area contributed by atoms with E-state index < -0.39 is 0 Å². The van der Waals surface area contributed by atoms with Crippen LogP contribution in [0, 0.1) is 5.41 Å². The van der Waals surface area contributed by atoms with Gasteiger partial charge in [-0.2, -0.15) is 4.58 Å². The Hall–Kier alpha value is -2.26. The number of hydrogen-bond donors (Lipinski definition) is 3. The van der Waals surface area contributed by atoms with E-state index in [9.17, 15) is 15.0 Å². The monoisotopic (exact) mass is 554 g/mol. The van der Waals surface area contributed by atoms with Crippen molar-refractivity contribution in [3.8, 4) is 0 Å². The molecule has 2 aromatic rings. The molecule has 0 aromatic heterocycles. The van der Waals surface area contributed by atoms with Gasteiger partial charge in [-0.1, -0.05) is 51.9 Å². The lowest BCUT2D eigenvalue weighted by atomic mass is 9.81. The van der Waals surface area contributed by atoms with Gasteiger partial charge in [-0.25, -0.2) is 0 Å². The quantitative estimate of drug-likeness (QED) is 0.204. The summed E-state index contributed by atoms with van der Waals surface area (Å²) in [6, 6.07) is 16.8. The molecule has 2 aromatic carbocycles. The highest BCUT2D eigenvalue weighted by atomic mass is 33.1. The van der Waals surface area contributed by atoms with E-state index in [1.807, 2.05) is 17.0 Å². The highest BCUT2D eigenvalue weighted by Gasteiger charge is 2.44. The van der Waals surface area contributed by atoms with Crippen LogP contribution in [0.4, 0.5) is 11.4 Å². The Bertz CT molecular complexity index is 1170. The van der Waals surface area contributed by atoms with Crippen molar-refractivity contribution in [2.75, 3.05) is 55.8 Å². The second kappa shape index (κ2) is 12.7. The van der Waals surface area contributed by atoms with E-state index >= 15 is 0 Å². The molecule has 38 heavy (non-hydrogen) atoms. The molecule has 0 unspecified atom stereocenters. The van der Waals surface area contributed by atoms with E-state index in [4.69, 9.17) is 0 Å². The number of fused-ring (bicyclic) bond motifs is 1. The van der Waals surface area contributed by atoms with Crippen LogP contribution >= 0.6 is 21.6 Å². The Balaban J connectivity index is 1.50. The summed E-state index contributed by atoms with van der Waals surface area (Å²) >= 11 is 0. The van der Waals surface area contributed by atoms with Crippen molar-refractivity contribution < 1.29 is 19.6 Å². The zero-order valence-corrected chi connectivity index (χ0v) is 24.3. The predicted octanol–water partition coefficient (Wildman–Crippen LogP) is 4.47. The molecule has 1 saturated heterocycles. The standard InChI is InChI=1S/C30H39N3O3S2/c1-29(2)25-7-4-5-8-26(25)33(16-6-15-31-28(36)30(3)21-37-38-22-30)27(29)14-11-23-9-12-24(13-10-23)32(17-19-34)18-20-35/h4-5,7-14,34-35H,6,15-22H2,1-3H3/p+1. The van der Waals surface area contributed by atoms with E-state index in [1.165, 1.54) is 17.0 Å². The minimum Gasteiger partial charge on any atom is -0.395 e. The average molecular weight is 555 g/mol. The van der Waals surface area contributed by atoms with Gasteiger partial charge >= 0.3 is 0 Å². The molecule has 4 rings (SSSR count). The molecule has 2 aliphatic heterocycles. The van der Waals surface area contributed by atoms with Gasteiger partial charge in [-0.3, -0.25) is 4.79 Å². The van der Waals surface area contributed by atoms with Gasteiger partial charge in [0.15, 0.2) is 12.3 Å². The molecule has 3 N–H and O–H groups in total. The first-order valence-electron chi connectivity index (χ1n) is 13.3. The number of nitrogens with zero attached hydrogens (tertiary/aromatic N) is 2. The Morgan fingerprint density at radius 2 is 1.66 bits per heavy atom. The number of aliphatic hydroxyl groups excluding tert-OH is 2. The zero-order valence-electron chi connectivity index (χ0n) is 22.7. The van der Waals surface area contributed by atoms with Gasteiger partial charge in [0.2, 0.25) is 11.6 Å². The molecule has 6 nitrogen and oxygen atoms in total. The number of hydrogen-bond acceptors (Lipinski definition) is 6. The summed E-state index contributed by atoms with van der Waals surface area (Å²) in [5, 5.41) is 21.9. The molecule has 1 fully saturated rings. The van der Waals surface area contributed by atoms with E-state index in [2.05, 4.69) is 79.2 Å². The van der Waals surface area contributed by atoms with Crippen LogP contribution in [0.15, 0.2) is 54.6 Å². The first-order chi connectivity index (χ1) is 18.3. The van der Waals surface area contributed by atoms with Crippen LogP contribution < -0.4 is 10.2 Å². The Morgan fingerprint density at radius 1 is 1.00 bits per heavy atom. The van der Waals surface area contributed by atoms with Gasteiger partial charge < -0.3 is 20.4 Å². The topological polar surface area (TPSA) is 75.8 Å². The van der Waals surface area contributed by atoms with Gasteiger partial charge in [0.1, 0.15) is 0 Å². The van der Waals surface area contributed by atoms with E-state index in [-0.39, 0.29) is 30.0 Å². The molecular weight excluding hydrogens is 514 g/mol. The van der Waals surface area contributed by atoms with Crippen LogP contribution in [0.3, 0.4) is 0 Å². The number of carbonyl (C=O) groups excluding carboxylic acids is 1. The number of carbonyl (C=O) groups is 1. The Labute approximate surface area is 234 Å². The van der Waals surface area contributed by atoms with Crippen molar-refractivity contribution in [2.24, 2.45) is 5.41 Å². The predicted molar refractivity (Wildman–Crippen MR) is 162 cm³/mol. The summed E-state index contributed by atoms with van der Waals surface area (Å²) in [5.41, 5.74) is 5.47. The number of rotatable bonds is 12. The molecular formula is C30H40N3O3S2+. The van der Waals surface area contributed by atoms with Crippen molar-refractivity contribution in [1.82, 2.24) is 5.32 Å². The second-order valence-corrected chi connectivity index (χ2v) is 13.2. The van der Waals surface area contributed by atoms with Crippen molar-refractivity contribution >= 4 is 50.7 Å². The maximum absolute atomic E-state index is 12.7. The van der Waals surface area contributed by atoms with Gasteiger partial charge in [-0.15, -0.1) is 0 Å². The fraction of sp³-hybridized carbons (Fsp3) is 0.467. The third kappa shape index (κ3) is 6.30. The van der Waals surface area contributed by atoms with Crippen LogP contribution in [0.25, 0.3) is 6.08 Å². The number of anilines is 1. The summed E-state index contributed by atoms with van der Waals surface area (Å²) in [6.45, 7) is 9.19. The van der Waals surface area contributed by atoms with Gasteiger partial charge in [0, 0.05) is 61.0 Å². The molecule has 2 heterocycles. The van der Waals surface area contributed by atoms with E-state index in [1.54, 1.807) is 21.6 Å². The molecule has 0 atom stereocenters. The fourth-order valence-corrected chi connectivity index (χ4v) is 8.48. The van der Waals surface area contributed by atoms with Gasteiger partial charge in [0.05, 0.1) is 24.0 Å². The minimum atomic E-state index is -0.264. The fourth-order valence-electron chi connectivity index (χ4n) is 5.13. The minimum absolute atomic E-state index is 0.0482. The average Bonchev–Trinajstić information content (AvgIpc) is 3.45. The third-order valence-electron chi connectivity index (χ3n) is 7.46. The second-order valence-electron chi connectivity index (χ2n) is 10.7.